The summed E-state index contributed by atoms with van der Waals surface area (Å²) in [5.41, 5.74) is 2.05. The van der Waals surface area contributed by atoms with E-state index in [0.29, 0.717) is 18.2 Å². The van der Waals surface area contributed by atoms with Crippen LogP contribution in [-0.2, 0) is 11.3 Å². The molecule has 2 rings (SSSR count). The summed E-state index contributed by atoms with van der Waals surface area (Å²) >= 11 is 0. The van der Waals surface area contributed by atoms with Crippen LogP contribution in [0.5, 0.6) is 11.6 Å². The summed E-state index contributed by atoms with van der Waals surface area (Å²) in [5.74, 6) is 1.06. The summed E-state index contributed by atoms with van der Waals surface area (Å²) in [5, 5.41) is 2.82. The number of rotatable bonds is 6. The third-order valence-corrected chi connectivity index (χ3v) is 3.18. The maximum atomic E-state index is 12.0. The lowest BCUT2D eigenvalue weighted by Gasteiger charge is -2.15. The maximum Gasteiger partial charge on any atom is 0.261 e. The fourth-order valence-electron chi connectivity index (χ4n) is 1.84. The Kier molecular flexibility index (Phi) is 5.36. The molecule has 22 heavy (non-hydrogen) atoms. The van der Waals surface area contributed by atoms with E-state index in [1.165, 1.54) is 0 Å². The summed E-state index contributed by atoms with van der Waals surface area (Å²) in [6, 6.07) is 11.2. The number of hydrogen-bond acceptors (Lipinski definition) is 4. The molecule has 0 fully saturated rings. The molecule has 1 aromatic carbocycles. The van der Waals surface area contributed by atoms with Crippen molar-refractivity contribution in [3.05, 3.63) is 53.7 Å². The molecule has 0 radical (unpaired) electrons. The van der Waals surface area contributed by atoms with Crippen LogP contribution in [0.2, 0.25) is 0 Å². The number of aromatic nitrogens is 1. The number of hydrogen-bond donors (Lipinski definition) is 1. The number of methoxy groups -OCH3 is 1. The maximum absolute atomic E-state index is 12.0. The molecular weight excluding hydrogens is 280 g/mol. The van der Waals surface area contributed by atoms with Crippen molar-refractivity contribution < 1.29 is 14.3 Å². The molecule has 5 heteroatoms. The molecule has 1 unspecified atom stereocenters. The largest absolute Gasteiger partial charge is 0.481 e. The number of pyridine rings is 1. The van der Waals surface area contributed by atoms with Crippen LogP contribution in [0.1, 0.15) is 18.1 Å². The van der Waals surface area contributed by atoms with Crippen molar-refractivity contribution >= 4 is 5.91 Å². The smallest absolute Gasteiger partial charge is 0.261 e. The Morgan fingerprint density at radius 1 is 1.23 bits per heavy atom. The summed E-state index contributed by atoms with van der Waals surface area (Å²) < 4.78 is 10.6. The minimum absolute atomic E-state index is 0.170. The Hall–Kier alpha value is -2.56. The topological polar surface area (TPSA) is 60.5 Å². The first-order chi connectivity index (χ1) is 10.6. The van der Waals surface area contributed by atoms with E-state index in [1.807, 2.05) is 37.3 Å². The summed E-state index contributed by atoms with van der Waals surface area (Å²) in [6.45, 7) is 4.13. The number of amides is 1. The first kappa shape index (κ1) is 15.8. The summed E-state index contributed by atoms with van der Waals surface area (Å²) in [4.78, 5) is 16.1. The van der Waals surface area contributed by atoms with Crippen molar-refractivity contribution in [3.8, 4) is 11.6 Å². The molecular formula is C17H20N2O3. The second-order valence-electron chi connectivity index (χ2n) is 5.00. The van der Waals surface area contributed by atoms with Gasteiger partial charge >= 0.3 is 0 Å². The highest BCUT2D eigenvalue weighted by Gasteiger charge is 2.14. The molecule has 5 nitrogen and oxygen atoms in total. The number of benzene rings is 1. The molecule has 1 atom stereocenters. The molecule has 0 spiro atoms. The zero-order chi connectivity index (χ0) is 15.9. The van der Waals surface area contributed by atoms with Gasteiger partial charge in [0.2, 0.25) is 5.88 Å². The number of nitrogens with one attached hydrogen (secondary N) is 1. The molecule has 1 amide bonds. The zero-order valence-corrected chi connectivity index (χ0v) is 13.0. The number of carbonyl (C=O) groups excluding carboxylic acids is 1. The van der Waals surface area contributed by atoms with Gasteiger partial charge in [-0.3, -0.25) is 4.79 Å². The monoisotopic (exact) mass is 300 g/mol. The molecule has 0 aliphatic heterocycles. The Balaban J connectivity index is 1.84. The van der Waals surface area contributed by atoms with Gasteiger partial charge in [-0.15, -0.1) is 0 Å². The molecule has 0 saturated heterocycles. The summed E-state index contributed by atoms with van der Waals surface area (Å²) in [7, 11) is 1.56. The second kappa shape index (κ2) is 7.45. The van der Waals surface area contributed by atoms with Gasteiger partial charge in [-0.25, -0.2) is 4.98 Å². The lowest BCUT2D eigenvalue weighted by Crippen LogP contribution is -2.35. The van der Waals surface area contributed by atoms with E-state index in [2.05, 4.69) is 10.3 Å². The van der Waals surface area contributed by atoms with Gasteiger partial charge in [0.25, 0.3) is 5.91 Å². The molecule has 1 heterocycles. The van der Waals surface area contributed by atoms with E-state index in [-0.39, 0.29) is 5.91 Å². The van der Waals surface area contributed by atoms with Gasteiger partial charge in [-0.05, 0) is 31.5 Å². The SMILES string of the molecule is COc1ccc(CNC(=O)C(C)Oc2ccc(C)cc2)cn1. The van der Waals surface area contributed by atoms with Gasteiger partial charge in [0.05, 0.1) is 7.11 Å². The lowest BCUT2D eigenvalue weighted by atomic mass is 10.2. The fraction of sp³-hybridized carbons (Fsp3) is 0.294. The average molecular weight is 300 g/mol. The molecule has 0 saturated carbocycles. The Bertz CT molecular complexity index is 609. The van der Waals surface area contributed by atoms with E-state index < -0.39 is 6.10 Å². The van der Waals surface area contributed by atoms with E-state index in [1.54, 1.807) is 26.3 Å². The molecule has 1 N–H and O–H groups in total. The third-order valence-electron chi connectivity index (χ3n) is 3.18. The van der Waals surface area contributed by atoms with Gasteiger partial charge in [0.1, 0.15) is 5.75 Å². The second-order valence-corrected chi connectivity index (χ2v) is 5.00. The van der Waals surface area contributed by atoms with Gasteiger partial charge in [-0.2, -0.15) is 0 Å². The lowest BCUT2D eigenvalue weighted by molar-refractivity contribution is -0.127. The molecule has 1 aromatic heterocycles. The van der Waals surface area contributed by atoms with Crippen LogP contribution in [0.25, 0.3) is 0 Å². The Morgan fingerprint density at radius 2 is 1.95 bits per heavy atom. The van der Waals surface area contributed by atoms with E-state index in [9.17, 15) is 4.79 Å². The van der Waals surface area contributed by atoms with Crippen LogP contribution in [-0.4, -0.2) is 24.1 Å². The van der Waals surface area contributed by atoms with Crippen molar-refractivity contribution in [2.24, 2.45) is 0 Å². The molecule has 0 bridgehead atoms. The van der Waals surface area contributed by atoms with E-state index in [4.69, 9.17) is 9.47 Å². The highest BCUT2D eigenvalue weighted by molar-refractivity contribution is 5.80. The van der Waals surface area contributed by atoms with Crippen LogP contribution in [0.4, 0.5) is 0 Å². The van der Waals surface area contributed by atoms with Crippen LogP contribution >= 0.6 is 0 Å². The summed E-state index contributed by atoms with van der Waals surface area (Å²) in [6.07, 6.45) is 1.11. The van der Waals surface area contributed by atoms with Crippen molar-refractivity contribution in [1.82, 2.24) is 10.3 Å². The van der Waals surface area contributed by atoms with Crippen LogP contribution < -0.4 is 14.8 Å². The van der Waals surface area contributed by atoms with Crippen molar-refractivity contribution in [1.29, 1.82) is 0 Å². The third kappa shape index (κ3) is 4.48. The van der Waals surface area contributed by atoms with Gasteiger partial charge < -0.3 is 14.8 Å². The number of nitrogens with zero attached hydrogens (tertiary/aromatic N) is 1. The number of ether oxygens (including phenoxy) is 2. The van der Waals surface area contributed by atoms with Crippen LogP contribution in [0.15, 0.2) is 42.6 Å². The normalized spacial score (nSPS) is 11.6. The predicted molar refractivity (Wildman–Crippen MR) is 83.9 cm³/mol. The molecule has 2 aromatic rings. The van der Waals surface area contributed by atoms with Crippen LogP contribution in [0.3, 0.4) is 0 Å². The zero-order valence-electron chi connectivity index (χ0n) is 13.0. The number of carbonyl (C=O) groups is 1. The van der Waals surface area contributed by atoms with Crippen molar-refractivity contribution in [2.45, 2.75) is 26.5 Å². The quantitative estimate of drug-likeness (QED) is 0.890. The van der Waals surface area contributed by atoms with Gasteiger partial charge in [0.15, 0.2) is 6.10 Å². The van der Waals surface area contributed by atoms with Gasteiger partial charge in [0, 0.05) is 18.8 Å². The molecule has 0 aliphatic rings. The first-order valence-electron chi connectivity index (χ1n) is 7.08. The molecule has 116 valence electrons. The standard InChI is InChI=1S/C17H20N2O3/c1-12-4-7-15(8-5-12)22-13(2)17(20)19-11-14-6-9-16(21-3)18-10-14/h4-10,13H,11H2,1-3H3,(H,19,20). The number of aryl methyl sites for hydroxylation is 1. The highest BCUT2D eigenvalue weighted by Crippen LogP contribution is 2.13. The Labute approximate surface area is 130 Å². The van der Waals surface area contributed by atoms with Gasteiger partial charge in [-0.1, -0.05) is 23.8 Å². The van der Waals surface area contributed by atoms with E-state index >= 15 is 0 Å². The average Bonchev–Trinajstić information content (AvgIpc) is 2.55. The minimum atomic E-state index is -0.561. The van der Waals surface area contributed by atoms with E-state index in [0.717, 1.165) is 11.1 Å². The predicted octanol–water partition coefficient (Wildman–Crippen LogP) is 2.48. The fourth-order valence-corrected chi connectivity index (χ4v) is 1.84. The highest BCUT2D eigenvalue weighted by atomic mass is 16.5. The van der Waals surface area contributed by atoms with Crippen molar-refractivity contribution in [3.63, 3.8) is 0 Å². The first-order valence-corrected chi connectivity index (χ1v) is 7.08. The van der Waals surface area contributed by atoms with Crippen LogP contribution in [0, 0.1) is 6.92 Å². The Morgan fingerprint density at radius 3 is 2.55 bits per heavy atom. The minimum Gasteiger partial charge on any atom is -0.481 e. The molecule has 0 aliphatic carbocycles. The van der Waals surface area contributed by atoms with Crippen molar-refractivity contribution in [2.75, 3.05) is 7.11 Å².